The molecule has 1 unspecified atom stereocenters. The third-order valence-electron chi connectivity index (χ3n) is 4.46. The number of hydrogen-bond donors (Lipinski definition) is 1. The molecule has 6 nitrogen and oxygen atoms in total. The molecule has 1 aliphatic heterocycles. The van der Waals surface area contributed by atoms with Gasteiger partial charge in [-0.1, -0.05) is 0 Å². The summed E-state index contributed by atoms with van der Waals surface area (Å²) >= 11 is 0. The normalized spacial score (nSPS) is 17.5. The van der Waals surface area contributed by atoms with Crippen molar-refractivity contribution in [2.75, 3.05) is 13.1 Å². The summed E-state index contributed by atoms with van der Waals surface area (Å²) in [5.41, 5.74) is 2.42. The third kappa shape index (κ3) is 2.86. The highest BCUT2D eigenvalue weighted by atomic mass is 16.2. The molecule has 1 N–H and O–H groups in total. The molecule has 0 bridgehead atoms. The zero-order valence-electron chi connectivity index (χ0n) is 13.0. The number of H-pyrrole nitrogens is 1. The van der Waals surface area contributed by atoms with Gasteiger partial charge in [-0.15, -0.1) is 0 Å². The Balaban J connectivity index is 1.61. The standard InChI is InChI=1S/C16H21N5O/c1-11(15-17-6-3-7-18-15)16(22)21-8-4-13(5-9-21)14-10-19-20-12(14)2/h3,6-7,10-11,13H,4-5,8-9H2,1-2H3,(H,19,20). The summed E-state index contributed by atoms with van der Waals surface area (Å²) in [4.78, 5) is 22.9. The molecule has 3 rings (SSSR count). The number of likely N-dealkylation sites (tertiary alicyclic amines) is 1. The van der Waals surface area contributed by atoms with Crippen LogP contribution in [0, 0.1) is 6.92 Å². The first-order chi connectivity index (χ1) is 10.7. The first kappa shape index (κ1) is 14.7. The van der Waals surface area contributed by atoms with Gasteiger partial charge in [-0.25, -0.2) is 9.97 Å². The summed E-state index contributed by atoms with van der Waals surface area (Å²) < 4.78 is 0. The Bertz CT molecular complexity index is 631. The summed E-state index contributed by atoms with van der Waals surface area (Å²) in [6.07, 6.45) is 7.24. The van der Waals surface area contributed by atoms with Crippen molar-refractivity contribution < 1.29 is 4.79 Å². The van der Waals surface area contributed by atoms with E-state index in [0.29, 0.717) is 11.7 Å². The lowest BCUT2D eigenvalue weighted by Gasteiger charge is -2.33. The molecule has 2 aromatic rings. The minimum atomic E-state index is -0.284. The van der Waals surface area contributed by atoms with Crippen LogP contribution in [-0.4, -0.2) is 44.1 Å². The van der Waals surface area contributed by atoms with E-state index in [9.17, 15) is 4.79 Å². The molecule has 1 amide bonds. The number of aromatic amines is 1. The fraction of sp³-hybridized carbons (Fsp3) is 0.500. The van der Waals surface area contributed by atoms with Gasteiger partial charge < -0.3 is 4.90 Å². The summed E-state index contributed by atoms with van der Waals surface area (Å²) in [5.74, 6) is 0.924. The van der Waals surface area contributed by atoms with Crippen LogP contribution in [0.1, 0.15) is 48.7 Å². The van der Waals surface area contributed by atoms with Crippen LogP contribution in [0.15, 0.2) is 24.7 Å². The first-order valence-corrected chi connectivity index (χ1v) is 7.72. The molecule has 6 heteroatoms. The van der Waals surface area contributed by atoms with E-state index in [1.54, 1.807) is 18.5 Å². The highest BCUT2D eigenvalue weighted by molar-refractivity contribution is 5.82. The second-order valence-electron chi connectivity index (χ2n) is 5.88. The number of carbonyl (C=O) groups is 1. The monoisotopic (exact) mass is 299 g/mol. The Morgan fingerprint density at radius 1 is 1.32 bits per heavy atom. The number of nitrogens with one attached hydrogen (secondary N) is 1. The van der Waals surface area contributed by atoms with E-state index in [0.717, 1.165) is 31.6 Å². The number of hydrogen-bond acceptors (Lipinski definition) is 4. The fourth-order valence-corrected chi connectivity index (χ4v) is 3.10. The maximum Gasteiger partial charge on any atom is 0.233 e. The summed E-state index contributed by atoms with van der Waals surface area (Å²) in [7, 11) is 0. The number of aryl methyl sites for hydroxylation is 1. The Morgan fingerprint density at radius 3 is 2.59 bits per heavy atom. The molecule has 0 spiro atoms. The number of amides is 1. The predicted molar refractivity (Wildman–Crippen MR) is 82.3 cm³/mol. The average Bonchev–Trinajstić information content (AvgIpc) is 3.00. The van der Waals surface area contributed by atoms with Gasteiger partial charge in [-0.3, -0.25) is 9.89 Å². The molecule has 116 valence electrons. The molecule has 0 radical (unpaired) electrons. The predicted octanol–water partition coefficient (Wildman–Crippen LogP) is 2.02. The van der Waals surface area contributed by atoms with Gasteiger partial charge >= 0.3 is 0 Å². The van der Waals surface area contributed by atoms with E-state index in [2.05, 4.69) is 27.1 Å². The molecular weight excluding hydrogens is 278 g/mol. The van der Waals surface area contributed by atoms with E-state index in [1.807, 2.05) is 18.0 Å². The maximum atomic E-state index is 12.6. The minimum absolute atomic E-state index is 0.119. The van der Waals surface area contributed by atoms with Crippen molar-refractivity contribution in [2.24, 2.45) is 0 Å². The lowest BCUT2D eigenvalue weighted by molar-refractivity contribution is -0.133. The van der Waals surface area contributed by atoms with Crippen LogP contribution < -0.4 is 0 Å². The molecule has 1 atom stereocenters. The first-order valence-electron chi connectivity index (χ1n) is 7.72. The van der Waals surface area contributed by atoms with Gasteiger partial charge in [0.15, 0.2) is 0 Å². The topological polar surface area (TPSA) is 74.8 Å². The highest BCUT2D eigenvalue weighted by Gasteiger charge is 2.29. The van der Waals surface area contributed by atoms with Gasteiger partial charge in [-0.05, 0) is 44.2 Å². The Morgan fingerprint density at radius 2 is 2.00 bits per heavy atom. The van der Waals surface area contributed by atoms with Crippen molar-refractivity contribution in [2.45, 2.75) is 38.5 Å². The van der Waals surface area contributed by atoms with E-state index in [1.165, 1.54) is 5.56 Å². The quantitative estimate of drug-likeness (QED) is 0.941. The van der Waals surface area contributed by atoms with Crippen LogP contribution >= 0.6 is 0 Å². The van der Waals surface area contributed by atoms with Crippen molar-refractivity contribution in [3.05, 3.63) is 41.7 Å². The van der Waals surface area contributed by atoms with Crippen LogP contribution in [0.3, 0.4) is 0 Å². The molecule has 0 aliphatic carbocycles. The Hall–Kier alpha value is -2.24. The fourth-order valence-electron chi connectivity index (χ4n) is 3.10. The number of nitrogens with zero attached hydrogens (tertiary/aromatic N) is 4. The highest BCUT2D eigenvalue weighted by Crippen LogP contribution is 2.30. The van der Waals surface area contributed by atoms with Gasteiger partial charge in [0.1, 0.15) is 5.82 Å². The second-order valence-corrected chi connectivity index (χ2v) is 5.88. The van der Waals surface area contributed by atoms with Crippen LogP contribution in [0.25, 0.3) is 0 Å². The molecule has 1 fully saturated rings. The van der Waals surface area contributed by atoms with Gasteiger partial charge in [-0.2, -0.15) is 5.10 Å². The largest absolute Gasteiger partial charge is 0.342 e. The number of piperidine rings is 1. The maximum absolute atomic E-state index is 12.6. The van der Waals surface area contributed by atoms with E-state index >= 15 is 0 Å². The average molecular weight is 299 g/mol. The summed E-state index contributed by atoms with van der Waals surface area (Å²) in [5, 5.41) is 7.09. The zero-order valence-corrected chi connectivity index (χ0v) is 13.0. The van der Waals surface area contributed by atoms with Crippen molar-refractivity contribution in [3.63, 3.8) is 0 Å². The van der Waals surface area contributed by atoms with E-state index < -0.39 is 0 Å². The van der Waals surface area contributed by atoms with Gasteiger partial charge in [0.25, 0.3) is 0 Å². The van der Waals surface area contributed by atoms with Crippen molar-refractivity contribution in [3.8, 4) is 0 Å². The third-order valence-corrected chi connectivity index (χ3v) is 4.46. The van der Waals surface area contributed by atoms with Gasteiger partial charge in [0, 0.05) is 31.2 Å². The summed E-state index contributed by atoms with van der Waals surface area (Å²) in [6, 6.07) is 1.76. The second kappa shape index (κ2) is 6.25. The minimum Gasteiger partial charge on any atom is -0.342 e. The molecule has 0 aromatic carbocycles. The van der Waals surface area contributed by atoms with Crippen molar-refractivity contribution in [1.82, 2.24) is 25.1 Å². The van der Waals surface area contributed by atoms with Crippen LogP contribution in [-0.2, 0) is 4.79 Å². The number of aromatic nitrogens is 4. The molecular formula is C16H21N5O. The van der Waals surface area contributed by atoms with Gasteiger partial charge in [0.2, 0.25) is 5.91 Å². The van der Waals surface area contributed by atoms with Crippen LogP contribution in [0.5, 0.6) is 0 Å². The Labute approximate surface area is 130 Å². The lowest BCUT2D eigenvalue weighted by atomic mass is 9.89. The Kier molecular flexibility index (Phi) is 4.18. The smallest absolute Gasteiger partial charge is 0.233 e. The molecule has 3 heterocycles. The van der Waals surface area contributed by atoms with E-state index in [4.69, 9.17) is 0 Å². The molecule has 1 saturated heterocycles. The van der Waals surface area contributed by atoms with E-state index in [-0.39, 0.29) is 11.8 Å². The number of rotatable bonds is 3. The zero-order chi connectivity index (χ0) is 15.5. The molecule has 22 heavy (non-hydrogen) atoms. The molecule has 2 aromatic heterocycles. The summed E-state index contributed by atoms with van der Waals surface area (Å²) in [6.45, 7) is 5.50. The lowest BCUT2D eigenvalue weighted by Crippen LogP contribution is -2.40. The van der Waals surface area contributed by atoms with Crippen molar-refractivity contribution >= 4 is 5.91 Å². The number of carbonyl (C=O) groups excluding carboxylic acids is 1. The van der Waals surface area contributed by atoms with Gasteiger partial charge in [0.05, 0.1) is 12.1 Å². The van der Waals surface area contributed by atoms with Crippen LogP contribution in [0.4, 0.5) is 0 Å². The molecule has 1 aliphatic rings. The van der Waals surface area contributed by atoms with Crippen molar-refractivity contribution in [1.29, 1.82) is 0 Å². The SMILES string of the molecule is Cc1[nH]ncc1C1CCN(C(=O)C(C)c2ncccn2)CC1. The van der Waals surface area contributed by atoms with Crippen LogP contribution in [0.2, 0.25) is 0 Å². The molecule has 0 saturated carbocycles.